The van der Waals surface area contributed by atoms with Crippen LogP contribution >= 0.6 is 22.6 Å². The molecule has 0 aliphatic rings. The molecule has 0 aromatic heterocycles. The second-order valence-corrected chi connectivity index (χ2v) is 6.09. The van der Waals surface area contributed by atoms with Gasteiger partial charge >= 0.3 is 11.9 Å². The van der Waals surface area contributed by atoms with Gasteiger partial charge in [-0.3, -0.25) is 0 Å². The Labute approximate surface area is 122 Å². The Morgan fingerprint density at radius 1 is 1.28 bits per heavy atom. The van der Waals surface area contributed by atoms with E-state index in [1.165, 1.54) is 0 Å². The summed E-state index contributed by atoms with van der Waals surface area (Å²) in [4.78, 5) is 11.1. The van der Waals surface area contributed by atoms with Crippen LogP contribution in [0.15, 0.2) is 0 Å². The van der Waals surface area contributed by atoms with Gasteiger partial charge in [-0.2, -0.15) is 8.78 Å². The number of carbonyl (C=O) groups is 1. The molecule has 0 saturated heterocycles. The lowest BCUT2D eigenvalue weighted by Crippen LogP contribution is -2.42. The molecular formula is C13H23F2IO2. The summed E-state index contributed by atoms with van der Waals surface area (Å²) >= 11 is 2.04. The van der Waals surface area contributed by atoms with Crippen molar-refractivity contribution in [2.24, 2.45) is 5.92 Å². The minimum atomic E-state index is -3.37. The van der Waals surface area contributed by atoms with Gasteiger partial charge < -0.3 is 4.74 Å². The molecule has 0 bridgehead atoms. The number of unbranched alkanes of at least 4 members (excludes halogenated alkanes) is 3. The van der Waals surface area contributed by atoms with Crippen LogP contribution in [-0.2, 0) is 9.53 Å². The van der Waals surface area contributed by atoms with Crippen molar-refractivity contribution in [2.45, 2.75) is 62.2 Å². The average Bonchev–Trinajstić information content (AvgIpc) is 2.34. The Morgan fingerprint density at radius 2 is 1.89 bits per heavy atom. The van der Waals surface area contributed by atoms with Gasteiger partial charge in [0.2, 0.25) is 0 Å². The first-order valence-electron chi connectivity index (χ1n) is 6.52. The maximum Gasteiger partial charge on any atom is 0.377 e. The van der Waals surface area contributed by atoms with Crippen LogP contribution in [0.1, 0.15) is 52.4 Å². The molecule has 18 heavy (non-hydrogen) atoms. The first-order chi connectivity index (χ1) is 8.41. The Hall–Kier alpha value is 0.0600. The van der Waals surface area contributed by atoms with Crippen molar-refractivity contribution >= 4 is 28.6 Å². The quantitative estimate of drug-likeness (QED) is 0.255. The summed E-state index contributed by atoms with van der Waals surface area (Å²) in [5, 5.41) is 0. The molecule has 2 unspecified atom stereocenters. The van der Waals surface area contributed by atoms with E-state index in [9.17, 15) is 13.6 Å². The van der Waals surface area contributed by atoms with Crippen LogP contribution in [0.25, 0.3) is 0 Å². The summed E-state index contributed by atoms with van der Waals surface area (Å²) in [5.74, 6) is -5.73. The lowest BCUT2D eigenvalue weighted by molar-refractivity contribution is -0.177. The molecule has 0 spiro atoms. The second kappa shape index (κ2) is 9.04. The Morgan fingerprint density at radius 3 is 2.33 bits per heavy atom. The summed E-state index contributed by atoms with van der Waals surface area (Å²) in [6, 6.07) is 0. The third-order valence-electron chi connectivity index (χ3n) is 3.13. The fraction of sp³-hybridized carbons (Fsp3) is 0.923. The number of hydrogen-bond donors (Lipinski definition) is 0. The molecule has 0 aromatic rings. The molecule has 0 amide bonds. The van der Waals surface area contributed by atoms with E-state index in [2.05, 4.69) is 11.7 Å². The molecule has 0 heterocycles. The van der Waals surface area contributed by atoms with Gasteiger partial charge in [0.15, 0.2) is 0 Å². The zero-order chi connectivity index (χ0) is 14.2. The van der Waals surface area contributed by atoms with Crippen molar-refractivity contribution in [2.75, 3.05) is 7.11 Å². The topological polar surface area (TPSA) is 26.3 Å². The van der Waals surface area contributed by atoms with E-state index in [4.69, 9.17) is 0 Å². The van der Waals surface area contributed by atoms with Gasteiger partial charge in [0.05, 0.1) is 7.11 Å². The fourth-order valence-corrected chi connectivity index (χ4v) is 3.39. The Balaban J connectivity index is 4.42. The summed E-state index contributed by atoms with van der Waals surface area (Å²) in [5.41, 5.74) is 0. The zero-order valence-electron chi connectivity index (χ0n) is 11.3. The van der Waals surface area contributed by atoms with Crippen LogP contribution in [0.2, 0.25) is 0 Å². The van der Waals surface area contributed by atoms with Crippen LogP contribution in [0, 0.1) is 5.92 Å². The van der Waals surface area contributed by atoms with Gasteiger partial charge in [-0.05, 0) is 12.8 Å². The van der Waals surface area contributed by atoms with E-state index in [1.54, 1.807) is 6.92 Å². The SMILES string of the molecule is CCCCCCC(I)C(CC)C(F)(F)C(=O)OC. The molecule has 0 aliphatic carbocycles. The highest BCUT2D eigenvalue weighted by molar-refractivity contribution is 14.1. The Kier molecular flexibility index (Phi) is 9.07. The first-order valence-corrected chi connectivity index (χ1v) is 7.76. The molecule has 0 aliphatic heterocycles. The van der Waals surface area contributed by atoms with Crippen molar-refractivity contribution < 1.29 is 18.3 Å². The van der Waals surface area contributed by atoms with Gasteiger partial charge in [0.1, 0.15) is 0 Å². The molecule has 0 radical (unpaired) electrons. The van der Waals surface area contributed by atoms with Crippen molar-refractivity contribution in [3.8, 4) is 0 Å². The number of alkyl halides is 3. The highest BCUT2D eigenvalue weighted by Crippen LogP contribution is 2.36. The largest absolute Gasteiger partial charge is 0.465 e. The zero-order valence-corrected chi connectivity index (χ0v) is 13.5. The van der Waals surface area contributed by atoms with Crippen LogP contribution in [0.4, 0.5) is 8.78 Å². The molecule has 0 aromatic carbocycles. The average molecular weight is 376 g/mol. The lowest BCUT2D eigenvalue weighted by atomic mass is 9.91. The normalized spacial score (nSPS) is 15.2. The lowest BCUT2D eigenvalue weighted by Gasteiger charge is -2.27. The van der Waals surface area contributed by atoms with Gasteiger partial charge in [0.25, 0.3) is 0 Å². The van der Waals surface area contributed by atoms with E-state index in [0.29, 0.717) is 0 Å². The molecule has 2 atom stereocenters. The van der Waals surface area contributed by atoms with Crippen LogP contribution in [0.5, 0.6) is 0 Å². The third-order valence-corrected chi connectivity index (χ3v) is 4.62. The first kappa shape index (κ1) is 18.1. The standard InChI is InChI=1S/C13H23F2IO2/c1-4-6-7-8-9-11(16)10(5-2)13(14,15)12(17)18-3/h10-11H,4-9H2,1-3H3. The second-order valence-electron chi connectivity index (χ2n) is 4.49. The molecular weight excluding hydrogens is 353 g/mol. The fourth-order valence-electron chi connectivity index (χ4n) is 1.99. The van der Waals surface area contributed by atoms with Crippen LogP contribution in [-0.4, -0.2) is 22.9 Å². The summed E-state index contributed by atoms with van der Waals surface area (Å²) < 4.78 is 31.7. The highest BCUT2D eigenvalue weighted by Gasteiger charge is 2.49. The van der Waals surface area contributed by atoms with E-state index in [0.717, 1.165) is 39.2 Å². The smallest absolute Gasteiger partial charge is 0.377 e. The molecule has 108 valence electrons. The molecule has 0 fully saturated rings. The van der Waals surface area contributed by atoms with Crippen molar-refractivity contribution in [3.05, 3.63) is 0 Å². The number of rotatable bonds is 9. The van der Waals surface area contributed by atoms with E-state index in [1.807, 2.05) is 22.6 Å². The van der Waals surface area contributed by atoms with E-state index < -0.39 is 17.8 Å². The predicted molar refractivity (Wildman–Crippen MR) is 77.3 cm³/mol. The highest BCUT2D eigenvalue weighted by atomic mass is 127. The Bertz CT molecular complexity index is 247. The van der Waals surface area contributed by atoms with Gasteiger partial charge in [-0.15, -0.1) is 0 Å². The molecule has 2 nitrogen and oxygen atoms in total. The molecule has 0 saturated carbocycles. The number of esters is 1. The molecule has 5 heteroatoms. The van der Waals surface area contributed by atoms with E-state index >= 15 is 0 Å². The molecule has 0 N–H and O–H groups in total. The minimum absolute atomic E-state index is 0.196. The maximum atomic E-state index is 13.8. The number of ether oxygens (including phenoxy) is 1. The van der Waals surface area contributed by atoms with Crippen LogP contribution in [0.3, 0.4) is 0 Å². The predicted octanol–water partition coefficient (Wildman–Crippen LogP) is 4.59. The van der Waals surface area contributed by atoms with Crippen LogP contribution < -0.4 is 0 Å². The van der Waals surface area contributed by atoms with Crippen molar-refractivity contribution in [1.82, 2.24) is 0 Å². The van der Waals surface area contributed by atoms with Gasteiger partial charge in [0, 0.05) is 9.84 Å². The monoisotopic (exact) mass is 376 g/mol. The minimum Gasteiger partial charge on any atom is -0.465 e. The maximum absolute atomic E-state index is 13.8. The number of carbonyl (C=O) groups excluding carboxylic acids is 1. The number of hydrogen-bond acceptors (Lipinski definition) is 2. The summed E-state index contributed by atoms with van der Waals surface area (Å²) in [7, 11) is 1.01. The van der Waals surface area contributed by atoms with Crippen molar-refractivity contribution in [3.63, 3.8) is 0 Å². The van der Waals surface area contributed by atoms with Gasteiger partial charge in [-0.25, -0.2) is 4.79 Å². The van der Waals surface area contributed by atoms with Gasteiger partial charge in [-0.1, -0.05) is 62.1 Å². The number of halogens is 3. The summed E-state index contributed by atoms with van der Waals surface area (Å²) in [6.45, 7) is 3.81. The van der Waals surface area contributed by atoms with Crippen molar-refractivity contribution in [1.29, 1.82) is 0 Å². The molecule has 0 rings (SSSR count). The number of methoxy groups -OCH3 is 1. The third kappa shape index (κ3) is 5.36. The van der Waals surface area contributed by atoms with E-state index in [-0.39, 0.29) is 10.3 Å². The summed E-state index contributed by atoms with van der Waals surface area (Å²) in [6.07, 6.45) is 5.27.